The molecule has 1 aromatic carbocycles. The molecule has 3 N–H and O–H groups in total. The first-order chi connectivity index (χ1) is 12.1. The van der Waals surface area contributed by atoms with E-state index in [1.165, 1.54) is 11.3 Å². The molecule has 0 bridgehead atoms. The SMILES string of the molecule is CCOc1cc(-c2n[nH]nc2C(N)=O)ccc1OC(=O)c1cccs1. The number of H-pyrrole nitrogens is 1. The van der Waals surface area contributed by atoms with E-state index in [9.17, 15) is 9.59 Å². The Labute approximate surface area is 146 Å². The Kier molecular flexibility index (Phi) is 4.75. The molecule has 0 atom stereocenters. The topological polar surface area (TPSA) is 120 Å². The molecule has 2 heterocycles. The number of aromatic nitrogens is 3. The maximum atomic E-state index is 12.1. The van der Waals surface area contributed by atoms with E-state index in [1.807, 2.05) is 6.92 Å². The van der Waals surface area contributed by atoms with Gasteiger partial charge in [0.15, 0.2) is 17.2 Å². The summed E-state index contributed by atoms with van der Waals surface area (Å²) in [4.78, 5) is 24.0. The van der Waals surface area contributed by atoms with Crippen molar-refractivity contribution in [2.75, 3.05) is 6.61 Å². The van der Waals surface area contributed by atoms with Gasteiger partial charge >= 0.3 is 5.97 Å². The minimum absolute atomic E-state index is 0.0192. The summed E-state index contributed by atoms with van der Waals surface area (Å²) in [7, 11) is 0. The lowest BCUT2D eigenvalue weighted by molar-refractivity contribution is 0.0733. The number of aromatic amines is 1. The van der Waals surface area contributed by atoms with Crippen LogP contribution >= 0.6 is 11.3 Å². The van der Waals surface area contributed by atoms with E-state index in [4.69, 9.17) is 15.2 Å². The number of hydrogen-bond donors (Lipinski definition) is 2. The molecule has 0 saturated heterocycles. The molecule has 0 aliphatic heterocycles. The summed E-state index contributed by atoms with van der Waals surface area (Å²) >= 11 is 1.29. The fourth-order valence-electron chi connectivity index (χ4n) is 2.16. The van der Waals surface area contributed by atoms with Crippen LogP contribution < -0.4 is 15.2 Å². The van der Waals surface area contributed by atoms with E-state index in [2.05, 4.69) is 15.4 Å². The lowest BCUT2D eigenvalue weighted by atomic mass is 10.1. The lowest BCUT2D eigenvalue weighted by Gasteiger charge is -2.11. The molecule has 0 radical (unpaired) electrons. The molecule has 0 spiro atoms. The number of amides is 1. The zero-order valence-corrected chi connectivity index (χ0v) is 14.0. The normalized spacial score (nSPS) is 10.4. The van der Waals surface area contributed by atoms with E-state index in [-0.39, 0.29) is 11.4 Å². The number of nitrogens with two attached hydrogens (primary N) is 1. The van der Waals surface area contributed by atoms with E-state index in [1.54, 1.807) is 35.7 Å². The molecular formula is C16H14N4O4S. The first-order valence-electron chi connectivity index (χ1n) is 7.33. The number of ether oxygens (including phenoxy) is 2. The van der Waals surface area contributed by atoms with Gasteiger partial charge in [0.2, 0.25) is 0 Å². The van der Waals surface area contributed by atoms with Gasteiger partial charge in [-0.3, -0.25) is 4.79 Å². The number of hydrogen-bond acceptors (Lipinski definition) is 7. The van der Waals surface area contributed by atoms with Crippen molar-refractivity contribution in [2.45, 2.75) is 6.92 Å². The maximum absolute atomic E-state index is 12.1. The van der Waals surface area contributed by atoms with Crippen LogP contribution in [0.4, 0.5) is 0 Å². The average Bonchev–Trinajstić information content (AvgIpc) is 3.28. The van der Waals surface area contributed by atoms with Crippen LogP contribution in [0.15, 0.2) is 35.7 Å². The summed E-state index contributed by atoms with van der Waals surface area (Å²) in [6.07, 6.45) is 0. The van der Waals surface area contributed by atoms with E-state index >= 15 is 0 Å². The summed E-state index contributed by atoms with van der Waals surface area (Å²) < 4.78 is 10.9. The molecule has 3 aromatic rings. The van der Waals surface area contributed by atoms with Gasteiger partial charge in [0.1, 0.15) is 10.6 Å². The van der Waals surface area contributed by atoms with Crippen molar-refractivity contribution in [3.63, 3.8) is 0 Å². The third kappa shape index (κ3) is 3.50. The van der Waals surface area contributed by atoms with Crippen molar-refractivity contribution in [1.82, 2.24) is 15.4 Å². The van der Waals surface area contributed by atoms with Crippen molar-refractivity contribution in [3.05, 3.63) is 46.3 Å². The number of benzene rings is 1. The Morgan fingerprint density at radius 1 is 1.24 bits per heavy atom. The van der Waals surface area contributed by atoms with Crippen LogP contribution in [0, 0.1) is 0 Å². The van der Waals surface area contributed by atoms with Gasteiger partial charge in [0.25, 0.3) is 5.91 Å². The quantitative estimate of drug-likeness (QED) is 0.515. The molecule has 1 amide bonds. The van der Waals surface area contributed by atoms with Crippen LogP contribution in [0.5, 0.6) is 11.5 Å². The van der Waals surface area contributed by atoms with Gasteiger partial charge in [0, 0.05) is 5.56 Å². The molecule has 9 heteroatoms. The molecule has 25 heavy (non-hydrogen) atoms. The summed E-state index contributed by atoms with van der Waals surface area (Å²) in [6.45, 7) is 2.18. The minimum Gasteiger partial charge on any atom is -0.490 e. The zero-order valence-electron chi connectivity index (χ0n) is 13.2. The van der Waals surface area contributed by atoms with Gasteiger partial charge in [0.05, 0.1) is 6.61 Å². The third-order valence-corrected chi connectivity index (χ3v) is 4.07. The fraction of sp³-hybridized carbons (Fsp3) is 0.125. The van der Waals surface area contributed by atoms with Gasteiger partial charge in [-0.05, 0) is 36.6 Å². The highest BCUT2D eigenvalue weighted by atomic mass is 32.1. The largest absolute Gasteiger partial charge is 0.490 e. The number of thiophene rings is 1. The van der Waals surface area contributed by atoms with Crippen LogP contribution in [-0.4, -0.2) is 33.9 Å². The molecule has 0 aliphatic carbocycles. The first-order valence-corrected chi connectivity index (χ1v) is 8.21. The Bertz CT molecular complexity index is 905. The predicted octanol–water partition coefficient (Wildman–Crippen LogP) is 2.25. The van der Waals surface area contributed by atoms with Gasteiger partial charge in [-0.1, -0.05) is 6.07 Å². The van der Waals surface area contributed by atoms with Crippen LogP contribution in [0.3, 0.4) is 0 Å². The van der Waals surface area contributed by atoms with Crippen molar-refractivity contribution in [1.29, 1.82) is 0 Å². The van der Waals surface area contributed by atoms with Crippen molar-refractivity contribution < 1.29 is 19.1 Å². The zero-order chi connectivity index (χ0) is 17.8. The standard InChI is InChI=1S/C16H14N4O4S/c1-2-23-11-8-9(13-14(15(17)21)19-20-18-13)5-6-10(11)24-16(22)12-4-3-7-25-12/h3-8H,2H2,1H3,(H2,17,21)(H,18,19,20). The first kappa shape index (κ1) is 16.7. The summed E-state index contributed by atoms with van der Waals surface area (Å²) in [5, 5.41) is 11.8. The molecule has 0 unspecified atom stereocenters. The Balaban J connectivity index is 1.94. The van der Waals surface area contributed by atoms with Gasteiger partial charge in [-0.15, -0.1) is 11.3 Å². The Hall–Kier alpha value is -3.20. The second-order valence-electron chi connectivity index (χ2n) is 4.85. The lowest BCUT2D eigenvalue weighted by Crippen LogP contribution is -2.13. The number of esters is 1. The molecule has 8 nitrogen and oxygen atoms in total. The van der Waals surface area contributed by atoms with E-state index < -0.39 is 11.9 Å². The number of primary amides is 1. The summed E-state index contributed by atoms with van der Waals surface area (Å²) in [5.74, 6) is -0.547. The third-order valence-electron chi connectivity index (χ3n) is 3.22. The van der Waals surface area contributed by atoms with Gasteiger partial charge < -0.3 is 15.2 Å². The fourth-order valence-corrected chi connectivity index (χ4v) is 2.76. The molecule has 3 rings (SSSR count). The van der Waals surface area contributed by atoms with Gasteiger partial charge in [-0.2, -0.15) is 15.4 Å². The van der Waals surface area contributed by atoms with Gasteiger partial charge in [-0.25, -0.2) is 4.79 Å². The van der Waals surface area contributed by atoms with Crippen LogP contribution in [0.1, 0.15) is 27.1 Å². The van der Waals surface area contributed by atoms with Crippen molar-refractivity contribution >= 4 is 23.2 Å². The molecule has 0 saturated carbocycles. The van der Waals surface area contributed by atoms with Crippen LogP contribution in [0.2, 0.25) is 0 Å². The Morgan fingerprint density at radius 2 is 2.08 bits per heavy atom. The Morgan fingerprint density at radius 3 is 2.76 bits per heavy atom. The minimum atomic E-state index is -0.699. The number of carbonyl (C=O) groups is 2. The smallest absolute Gasteiger partial charge is 0.353 e. The van der Waals surface area contributed by atoms with E-state index in [0.29, 0.717) is 28.5 Å². The average molecular weight is 358 g/mol. The highest BCUT2D eigenvalue weighted by Crippen LogP contribution is 2.33. The summed E-state index contributed by atoms with van der Waals surface area (Å²) in [5.41, 5.74) is 6.15. The molecule has 0 aliphatic rings. The summed E-state index contributed by atoms with van der Waals surface area (Å²) in [6, 6.07) is 8.28. The number of nitrogens with one attached hydrogen (secondary N) is 1. The molecule has 2 aromatic heterocycles. The predicted molar refractivity (Wildman–Crippen MR) is 90.8 cm³/mol. The maximum Gasteiger partial charge on any atom is 0.353 e. The highest BCUT2D eigenvalue weighted by Gasteiger charge is 2.19. The molecular weight excluding hydrogens is 344 g/mol. The second kappa shape index (κ2) is 7.14. The molecule has 128 valence electrons. The van der Waals surface area contributed by atoms with Crippen molar-refractivity contribution in [3.8, 4) is 22.8 Å². The highest BCUT2D eigenvalue weighted by molar-refractivity contribution is 7.12. The monoisotopic (exact) mass is 358 g/mol. The number of carbonyl (C=O) groups excluding carboxylic acids is 2. The van der Waals surface area contributed by atoms with Crippen LogP contribution in [0.25, 0.3) is 11.3 Å². The number of nitrogens with zero attached hydrogens (tertiary/aromatic N) is 2. The van der Waals surface area contributed by atoms with E-state index in [0.717, 1.165) is 0 Å². The van der Waals surface area contributed by atoms with Crippen molar-refractivity contribution in [2.24, 2.45) is 5.73 Å². The second-order valence-corrected chi connectivity index (χ2v) is 5.79. The molecule has 0 fully saturated rings. The number of rotatable bonds is 6. The van der Waals surface area contributed by atoms with Crippen LogP contribution in [-0.2, 0) is 0 Å².